The second-order valence-electron chi connectivity index (χ2n) is 4.10. The molecule has 0 aromatic rings. The van der Waals surface area contributed by atoms with Crippen LogP contribution in [-0.4, -0.2) is 42.0 Å². The largest absolute Gasteiger partial charge is 0.370 e. The molecule has 1 heterocycles. The van der Waals surface area contributed by atoms with E-state index in [-0.39, 0.29) is 0 Å². The summed E-state index contributed by atoms with van der Waals surface area (Å²) in [5.74, 6) is 3.99. The standard InChI is InChI=1S/C10H19N3S/c11-10(12-8-9-2-1-3-9)13-4-6-14-7-5-13/h9H,1-8H2,(H2,11,12). The van der Waals surface area contributed by atoms with Crippen molar-refractivity contribution in [3.63, 3.8) is 0 Å². The minimum atomic E-state index is 0.775. The first-order valence-corrected chi connectivity index (χ1v) is 6.64. The summed E-state index contributed by atoms with van der Waals surface area (Å²) in [5, 5.41) is 0. The van der Waals surface area contributed by atoms with Gasteiger partial charge in [-0.2, -0.15) is 11.8 Å². The van der Waals surface area contributed by atoms with Gasteiger partial charge in [-0.15, -0.1) is 0 Å². The first-order valence-electron chi connectivity index (χ1n) is 5.49. The molecule has 0 amide bonds. The number of hydrogen-bond donors (Lipinski definition) is 1. The lowest BCUT2D eigenvalue weighted by Crippen LogP contribution is -2.43. The molecule has 0 aromatic heterocycles. The Balaban J connectivity index is 1.76. The van der Waals surface area contributed by atoms with E-state index >= 15 is 0 Å². The van der Waals surface area contributed by atoms with Crippen molar-refractivity contribution in [1.82, 2.24) is 4.90 Å². The van der Waals surface area contributed by atoms with Gasteiger partial charge in [0.15, 0.2) is 5.96 Å². The highest BCUT2D eigenvalue weighted by atomic mass is 32.2. The van der Waals surface area contributed by atoms with Gasteiger partial charge in [-0.25, -0.2) is 0 Å². The molecule has 2 rings (SSSR count). The Kier molecular flexibility index (Phi) is 3.56. The third-order valence-corrected chi connectivity index (χ3v) is 4.01. The summed E-state index contributed by atoms with van der Waals surface area (Å²) in [4.78, 5) is 6.70. The molecule has 2 fully saturated rings. The Labute approximate surface area is 90.1 Å². The Bertz CT molecular complexity index is 207. The van der Waals surface area contributed by atoms with Crippen LogP contribution in [0.3, 0.4) is 0 Å². The molecule has 80 valence electrons. The first kappa shape index (κ1) is 10.1. The predicted molar refractivity (Wildman–Crippen MR) is 62.7 cm³/mol. The number of hydrogen-bond acceptors (Lipinski definition) is 2. The molecule has 0 atom stereocenters. The molecule has 2 N–H and O–H groups in total. The summed E-state index contributed by atoms with van der Waals surface area (Å²) in [7, 11) is 0. The van der Waals surface area contributed by atoms with E-state index in [4.69, 9.17) is 5.73 Å². The zero-order valence-electron chi connectivity index (χ0n) is 8.61. The normalized spacial score (nSPS) is 24.9. The Morgan fingerprint density at radius 3 is 2.64 bits per heavy atom. The summed E-state index contributed by atoms with van der Waals surface area (Å²) < 4.78 is 0. The van der Waals surface area contributed by atoms with E-state index in [1.165, 1.54) is 30.8 Å². The molecule has 4 heteroatoms. The number of rotatable bonds is 2. The average molecular weight is 213 g/mol. The molecule has 14 heavy (non-hydrogen) atoms. The summed E-state index contributed by atoms with van der Waals surface area (Å²) in [6, 6.07) is 0. The molecule has 0 bridgehead atoms. The topological polar surface area (TPSA) is 41.6 Å². The molecule has 0 radical (unpaired) electrons. The molecule has 1 saturated carbocycles. The number of nitrogens with zero attached hydrogens (tertiary/aromatic N) is 2. The van der Waals surface area contributed by atoms with Gasteiger partial charge in [-0.1, -0.05) is 6.42 Å². The van der Waals surface area contributed by atoms with Gasteiger partial charge in [0.2, 0.25) is 0 Å². The van der Waals surface area contributed by atoms with Crippen LogP contribution in [0.25, 0.3) is 0 Å². The first-order chi connectivity index (χ1) is 6.86. The lowest BCUT2D eigenvalue weighted by molar-refractivity contribution is 0.324. The third-order valence-electron chi connectivity index (χ3n) is 3.07. The van der Waals surface area contributed by atoms with E-state index < -0.39 is 0 Å². The minimum absolute atomic E-state index is 0.775. The molecule has 0 aromatic carbocycles. The molecular weight excluding hydrogens is 194 g/mol. The van der Waals surface area contributed by atoms with E-state index in [0.717, 1.165) is 31.5 Å². The van der Waals surface area contributed by atoms with E-state index in [2.05, 4.69) is 9.89 Å². The van der Waals surface area contributed by atoms with Gasteiger partial charge in [0.1, 0.15) is 0 Å². The van der Waals surface area contributed by atoms with E-state index in [1.54, 1.807) is 0 Å². The molecule has 3 nitrogen and oxygen atoms in total. The van der Waals surface area contributed by atoms with Crippen molar-refractivity contribution in [2.45, 2.75) is 19.3 Å². The van der Waals surface area contributed by atoms with Crippen molar-refractivity contribution >= 4 is 17.7 Å². The van der Waals surface area contributed by atoms with Gasteiger partial charge in [0.25, 0.3) is 0 Å². The number of nitrogens with two attached hydrogens (primary N) is 1. The highest BCUT2D eigenvalue weighted by molar-refractivity contribution is 7.99. The lowest BCUT2D eigenvalue weighted by atomic mass is 9.86. The van der Waals surface area contributed by atoms with E-state index in [0.29, 0.717) is 0 Å². The fraction of sp³-hybridized carbons (Fsp3) is 0.900. The quantitative estimate of drug-likeness (QED) is 0.552. The molecule has 1 aliphatic carbocycles. The van der Waals surface area contributed by atoms with Crippen LogP contribution in [0.15, 0.2) is 4.99 Å². The second kappa shape index (κ2) is 4.91. The minimum Gasteiger partial charge on any atom is -0.370 e. The second-order valence-corrected chi connectivity index (χ2v) is 5.32. The fourth-order valence-electron chi connectivity index (χ4n) is 1.79. The maximum Gasteiger partial charge on any atom is 0.191 e. The number of thioether (sulfide) groups is 1. The van der Waals surface area contributed by atoms with Gasteiger partial charge in [-0.05, 0) is 18.8 Å². The van der Waals surface area contributed by atoms with Crippen molar-refractivity contribution < 1.29 is 0 Å². The van der Waals surface area contributed by atoms with Crippen LogP contribution in [-0.2, 0) is 0 Å². The van der Waals surface area contributed by atoms with E-state index in [1.807, 2.05) is 11.8 Å². The molecule has 2 aliphatic rings. The van der Waals surface area contributed by atoms with Crippen LogP contribution in [0.2, 0.25) is 0 Å². The number of guanidine groups is 1. The summed E-state index contributed by atoms with van der Waals surface area (Å²) in [5.41, 5.74) is 5.94. The zero-order chi connectivity index (χ0) is 9.80. The van der Waals surface area contributed by atoms with Crippen LogP contribution in [0.5, 0.6) is 0 Å². The van der Waals surface area contributed by atoms with Gasteiger partial charge in [-0.3, -0.25) is 4.99 Å². The SMILES string of the molecule is NC(=NCC1CCC1)N1CCSCC1. The highest BCUT2D eigenvalue weighted by Gasteiger charge is 2.17. The maximum atomic E-state index is 5.94. The van der Waals surface area contributed by atoms with Crippen molar-refractivity contribution in [3.05, 3.63) is 0 Å². The van der Waals surface area contributed by atoms with Crippen molar-refractivity contribution in [1.29, 1.82) is 0 Å². The van der Waals surface area contributed by atoms with Gasteiger partial charge in [0.05, 0.1) is 0 Å². The molecule has 0 unspecified atom stereocenters. The van der Waals surface area contributed by atoms with Crippen LogP contribution in [0.4, 0.5) is 0 Å². The van der Waals surface area contributed by atoms with Crippen LogP contribution < -0.4 is 5.73 Å². The Morgan fingerprint density at radius 2 is 2.07 bits per heavy atom. The Hall–Kier alpha value is -0.380. The van der Waals surface area contributed by atoms with Crippen molar-refractivity contribution in [2.75, 3.05) is 31.1 Å². The smallest absolute Gasteiger partial charge is 0.191 e. The number of aliphatic imine (C=N–C) groups is 1. The monoisotopic (exact) mass is 213 g/mol. The van der Waals surface area contributed by atoms with E-state index in [9.17, 15) is 0 Å². The predicted octanol–water partition coefficient (Wildman–Crippen LogP) is 1.15. The Morgan fingerprint density at radius 1 is 1.36 bits per heavy atom. The van der Waals surface area contributed by atoms with Gasteiger partial charge < -0.3 is 10.6 Å². The summed E-state index contributed by atoms with van der Waals surface area (Å²) in [6.07, 6.45) is 4.10. The lowest BCUT2D eigenvalue weighted by Gasteiger charge is -2.28. The molecule has 1 saturated heterocycles. The van der Waals surface area contributed by atoms with Crippen LogP contribution >= 0.6 is 11.8 Å². The van der Waals surface area contributed by atoms with Gasteiger partial charge in [0, 0.05) is 31.1 Å². The fourth-order valence-corrected chi connectivity index (χ4v) is 2.69. The summed E-state index contributed by atoms with van der Waals surface area (Å²) >= 11 is 2.00. The van der Waals surface area contributed by atoms with Crippen molar-refractivity contribution in [2.24, 2.45) is 16.6 Å². The maximum absolute atomic E-state index is 5.94. The molecule has 1 aliphatic heterocycles. The summed E-state index contributed by atoms with van der Waals surface area (Å²) in [6.45, 7) is 3.10. The molecular formula is C10H19N3S. The highest BCUT2D eigenvalue weighted by Crippen LogP contribution is 2.26. The zero-order valence-corrected chi connectivity index (χ0v) is 9.43. The van der Waals surface area contributed by atoms with Crippen molar-refractivity contribution in [3.8, 4) is 0 Å². The van der Waals surface area contributed by atoms with Gasteiger partial charge >= 0.3 is 0 Å². The van der Waals surface area contributed by atoms with Crippen LogP contribution in [0.1, 0.15) is 19.3 Å². The third kappa shape index (κ3) is 2.56. The van der Waals surface area contributed by atoms with Crippen LogP contribution in [0, 0.1) is 5.92 Å². The molecule has 0 spiro atoms. The average Bonchev–Trinajstić information content (AvgIpc) is 2.16.